The fraction of sp³-hybridized carbons (Fsp3) is 0.500. The molecule has 2 heterocycles. The topological polar surface area (TPSA) is 29.5 Å². The van der Waals surface area contributed by atoms with Gasteiger partial charge in [0.1, 0.15) is 0 Å². The Hall–Kier alpha value is -1.61. The van der Waals surface area contributed by atoms with Gasteiger partial charge < -0.3 is 9.64 Å². The van der Waals surface area contributed by atoms with Crippen LogP contribution in [0.3, 0.4) is 0 Å². The zero-order valence-electron chi connectivity index (χ0n) is 12.5. The normalized spacial score (nSPS) is 22.4. The molecule has 21 heavy (non-hydrogen) atoms. The molecule has 2 saturated heterocycles. The molecule has 3 nitrogen and oxygen atoms in total. The summed E-state index contributed by atoms with van der Waals surface area (Å²) in [7, 11) is 0. The van der Waals surface area contributed by atoms with Crippen LogP contribution in [0.25, 0.3) is 6.08 Å². The minimum atomic E-state index is 0.166. The Kier molecular flexibility index (Phi) is 4.71. The standard InChI is InChI=1S/C18H23NO2/c20-18(14-17-7-4-12-21-17)19-10-8-16(9-11-19)13-15-5-2-1-3-6-15/h1-3,5-6,13,17H,4,7-12,14H2. The van der Waals surface area contributed by atoms with E-state index in [1.165, 1.54) is 11.1 Å². The van der Waals surface area contributed by atoms with Crippen LogP contribution in [0.4, 0.5) is 0 Å². The Labute approximate surface area is 126 Å². The molecule has 1 aromatic rings. The molecule has 2 aliphatic rings. The van der Waals surface area contributed by atoms with Crippen LogP contribution in [0.5, 0.6) is 0 Å². The third kappa shape index (κ3) is 3.94. The van der Waals surface area contributed by atoms with E-state index in [0.717, 1.165) is 45.4 Å². The van der Waals surface area contributed by atoms with Crippen molar-refractivity contribution in [3.63, 3.8) is 0 Å². The van der Waals surface area contributed by atoms with Crippen molar-refractivity contribution in [2.75, 3.05) is 19.7 Å². The molecule has 1 unspecified atom stereocenters. The van der Waals surface area contributed by atoms with E-state index in [4.69, 9.17) is 4.74 Å². The summed E-state index contributed by atoms with van der Waals surface area (Å²) < 4.78 is 5.56. The number of hydrogen-bond acceptors (Lipinski definition) is 2. The summed E-state index contributed by atoms with van der Waals surface area (Å²) in [6.07, 6.45) is 7.12. The van der Waals surface area contributed by atoms with Gasteiger partial charge in [0.25, 0.3) is 0 Å². The summed E-state index contributed by atoms with van der Waals surface area (Å²) in [4.78, 5) is 14.2. The Morgan fingerprint density at radius 3 is 2.67 bits per heavy atom. The Morgan fingerprint density at radius 1 is 1.24 bits per heavy atom. The second-order valence-corrected chi connectivity index (χ2v) is 5.93. The lowest BCUT2D eigenvalue weighted by molar-refractivity contribution is -0.133. The Balaban J connectivity index is 1.50. The maximum absolute atomic E-state index is 12.2. The second kappa shape index (κ2) is 6.90. The van der Waals surface area contributed by atoms with Crippen molar-refractivity contribution in [1.29, 1.82) is 0 Å². The molecule has 3 rings (SSSR count). The molecular weight excluding hydrogens is 262 g/mol. The fourth-order valence-corrected chi connectivity index (χ4v) is 3.10. The molecule has 1 amide bonds. The first-order valence-electron chi connectivity index (χ1n) is 7.95. The van der Waals surface area contributed by atoms with Gasteiger partial charge in [-0.15, -0.1) is 0 Å². The number of benzene rings is 1. The molecule has 1 aromatic carbocycles. The van der Waals surface area contributed by atoms with Gasteiger partial charge in [-0.1, -0.05) is 42.0 Å². The number of hydrogen-bond donors (Lipinski definition) is 0. The number of piperidine rings is 1. The molecular formula is C18H23NO2. The molecule has 0 saturated carbocycles. The first-order chi connectivity index (χ1) is 10.3. The van der Waals surface area contributed by atoms with Crippen molar-refractivity contribution in [2.24, 2.45) is 0 Å². The lowest BCUT2D eigenvalue weighted by Crippen LogP contribution is -2.37. The monoisotopic (exact) mass is 285 g/mol. The summed E-state index contributed by atoms with van der Waals surface area (Å²) >= 11 is 0. The maximum Gasteiger partial charge on any atom is 0.225 e. The number of amides is 1. The number of rotatable bonds is 3. The highest BCUT2D eigenvalue weighted by atomic mass is 16.5. The molecule has 3 heteroatoms. The van der Waals surface area contributed by atoms with Crippen molar-refractivity contribution in [3.05, 3.63) is 41.5 Å². The van der Waals surface area contributed by atoms with Crippen molar-refractivity contribution in [3.8, 4) is 0 Å². The maximum atomic E-state index is 12.2. The van der Waals surface area contributed by atoms with Gasteiger partial charge in [0.15, 0.2) is 0 Å². The second-order valence-electron chi connectivity index (χ2n) is 5.93. The first-order valence-corrected chi connectivity index (χ1v) is 7.95. The molecule has 0 spiro atoms. The Morgan fingerprint density at radius 2 is 2.00 bits per heavy atom. The third-order valence-electron chi connectivity index (χ3n) is 4.36. The number of nitrogens with zero attached hydrogens (tertiary/aromatic N) is 1. The first kappa shape index (κ1) is 14.3. The predicted molar refractivity (Wildman–Crippen MR) is 83.8 cm³/mol. The van der Waals surface area contributed by atoms with Crippen molar-refractivity contribution < 1.29 is 9.53 Å². The lowest BCUT2D eigenvalue weighted by atomic mass is 10.0. The van der Waals surface area contributed by atoms with Crippen LogP contribution in [-0.4, -0.2) is 36.6 Å². The van der Waals surface area contributed by atoms with Gasteiger partial charge in [-0.2, -0.15) is 0 Å². The van der Waals surface area contributed by atoms with Crippen LogP contribution in [-0.2, 0) is 9.53 Å². The largest absolute Gasteiger partial charge is 0.378 e. The van der Waals surface area contributed by atoms with Gasteiger partial charge in [-0.05, 0) is 31.2 Å². The zero-order valence-corrected chi connectivity index (χ0v) is 12.5. The van der Waals surface area contributed by atoms with Crippen molar-refractivity contribution in [1.82, 2.24) is 4.90 Å². The van der Waals surface area contributed by atoms with E-state index in [1.807, 2.05) is 11.0 Å². The average molecular weight is 285 g/mol. The lowest BCUT2D eigenvalue weighted by Gasteiger charge is -2.29. The van der Waals surface area contributed by atoms with Crippen LogP contribution in [0.2, 0.25) is 0 Å². The SMILES string of the molecule is O=C(CC1CCCO1)N1CCC(=Cc2ccccc2)CC1. The molecule has 0 aliphatic carbocycles. The summed E-state index contributed by atoms with van der Waals surface area (Å²) in [6, 6.07) is 10.4. The van der Waals surface area contributed by atoms with E-state index in [1.54, 1.807) is 0 Å². The summed E-state index contributed by atoms with van der Waals surface area (Å²) in [6.45, 7) is 2.52. The third-order valence-corrected chi connectivity index (χ3v) is 4.36. The molecule has 0 radical (unpaired) electrons. The van der Waals surface area contributed by atoms with Crippen molar-refractivity contribution in [2.45, 2.75) is 38.2 Å². The van der Waals surface area contributed by atoms with E-state index in [9.17, 15) is 4.79 Å². The van der Waals surface area contributed by atoms with Gasteiger partial charge in [0.2, 0.25) is 5.91 Å². The highest BCUT2D eigenvalue weighted by molar-refractivity contribution is 5.77. The van der Waals surface area contributed by atoms with E-state index >= 15 is 0 Å². The number of ether oxygens (including phenoxy) is 1. The van der Waals surface area contributed by atoms with Gasteiger partial charge >= 0.3 is 0 Å². The smallest absolute Gasteiger partial charge is 0.225 e. The van der Waals surface area contributed by atoms with Crippen LogP contribution in [0, 0.1) is 0 Å². The fourth-order valence-electron chi connectivity index (χ4n) is 3.10. The van der Waals surface area contributed by atoms with Crippen LogP contribution < -0.4 is 0 Å². The molecule has 1 atom stereocenters. The molecule has 112 valence electrons. The van der Waals surface area contributed by atoms with Crippen LogP contribution in [0.1, 0.15) is 37.7 Å². The Bertz CT molecular complexity index is 493. The highest BCUT2D eigenvalue weighted by Gasteiger charge is 2.24. The molecule has 0 N–H and O–H groups in total. The van der Waals surface area contributed by atoms with Gasteiger partial charge in [0, 0.05) is 19.7 Å². The minimum absolute atomic E-state index is 0.166. The average Bonchev–Trinajstić information content (AvgIpc) is 3.02. The van der Waals surface area contributed by atoms with E-state index in [-0.39, 0.29) is 12.0 Å². The number of carbonyl (C=O) groups is 1. The van der Waals surface area contributed by atoms with Gasteiger partial charge in [0.05, 0.1) is 12.5 Å². The van der Waals surface area contributed by atoms with Gasteiger partial charge in [-0.3, -0.25) is 4.79 Å². The predicted octanol–water partition coefficient (Wildman–Crippen LogP) is 3.26. The summed E-state index contributed by atoms with van der Waals surface area (Å²) in [5.74, 6) is 0.265. The van der Waals surface area contributed by atoms with Crippen molar-refractivity contribution >= 4 is 12.0 Å². The summed E-state index contributed by atoms with van der Waals surface area (Å²) in [5.41, 5.74) is 2.70. The molecule has 2 fully saturated rings. The number of carbonyl (C=O) groups excluding carboxylic acids is 1. The van der Waals surface area contributed by atoms with Crippen LogP contribution >= 0.6 is 0 Å². The number of likely N-dealkylation sites (tertiary alicyclic amines) is 1. The highest BCUT2D eigenvalue weighted by Crippen LogP contribution is 2.22. The van der Waals surface area contributed by atoms with Crippen LogP contribution in [0.15, 0.2) is 35.9 Å². The van der Waals surface area contributed by atoms with E-state index in [0.29, 0.717) is 6.42 Å². The molecule has 2 aliphatic heterocycles. The van der Waals surface area contributed by atoms with E-state index in [2.05, 4.69) is 30.3 Å². The van der Waals surface area contributed by atoms with Gasteiger partial charge in [-0.25, -0.2) is 0 Å². The quantitative estimate of drug-likeness (QED) is 0.853. The minimum Gasteiger partial charge on any atom is -0.378 e. The summed E-state index contributed by atoms with van der Waals surface area (Å²) in [5, 5.41) is 0. The van der Waals surface area contributed by atoms with E-state index < -0.39 is 0 Å². The molecule has 0 bridgehead atoms. The molecule has 0 aromatic heterocycles. The zero-order chi connectivity index (χ0) is 14.5.